The highest BCUT2D eigenvalue weighted by Crippen LogP contribution is 2.58. The van der Waals surface area contributed by atoms with Crippen molar-refractivity contribution in [1.29, 1.82) is 0 Å². The minimum Gasteiger partial charge on any atom is -0.315 e. The highest BCUT2D eigenvalue weighted by atomic mass is 19.4. The molecule has 20 heteroatoms. The summed E-state index contributed by atoms with van der Waals surface area (Å²) in [6.07, 6.45) is -5.74. The van der Waals surface area contributed by atoms with E-state index < -0.39 is 68.9 Å². The van der Waals surface area contributed by atoms with E-state index in [2.05, 4.69) is 0 Å². The molecule has 1 aromatic rings. The predicted octanol–water partition coefficient (Wildman–Crippen LogP) is 4.88. The van der Waals surface area contributed by atoms with Gasteiger partial charge in [0.25, 0.3) is 11.4 Å². The lowest BCUT2D eigenvalue weighted by atomic mass is 9.94. The molecule has 0 heterocycles. The predicted molar refractivity (Wildman–Crippen MR) is 79.1 cm³/mol. The van der Waals surface area contributed by atoms with Crippen LogP contribution in [0.15, 0.2) is 18.2 Å². The highest BCUT2D eigenvalue weighted by Gasteiger charge is 2.89. The number of nitrogens with zero attached hydrogens (tertiary/aromatic N) is 2. The standard InChI is InChI=1S/C13H5F12N3O5/c14-7(15)9(16,17)11(20,21)13(24,25)12(22,23)10(18,19)8(29)26-5-2-1-4(27(30)31)3-6(5)28(32)33/h1-3,7H,(H,26,29). The maximum atomic E-state index is 13.8. The van der Waals surface area contributed by atoms with Crippen molar-refractivity contribution in [1.82, 2.24) is 0 Å². The Labute approximate surface area is 171 Å². The van der Waals surface area contributed by atoms with Crippen LogP contribution in [0.4, 0.5) is 69.7 Å². The number of hydrogen-bond donors (Lipinski definition) is 1. The molecule has 0 fully saturated rings. The lowest BCUT2D eigenvalue weighted by molar-refractivity contribution is -0.406. The van der Waals surface area contributed by atoms with E-state index in [1.54, 1.807) is 0 Å². The summed E-state index contributed by atoms with van der Waals surface area (Å²) in [5, 5.41) is 21.9. The summed E-state index contributed by atoms with van der Waals surface area (Å²) in [6, 6.07) is 0.336. The first-order valence-electron chi connectivity index (χ1n) is 7.48. The number of benzene rings is 1. The molecule has 0 aliphatic heterocycles. The maximum absolute atomic E-state index is 13.8. The zero-order valence-corrected chi connectivity index (χ0v) is 14.8. The summed E-state index contributed by atoms with van der Waals surface area (Å²) in [5.41, 5.74) is -4.32. The number of hydrogen-bond acceptors (Lipinski definition) is 5. The second-order valence-corrected chi connectivity index (χ2v) is 5.89. The first kappa shape index (κ1) is 27.7. The molecule has 8 nitrogen and oxygen atoms in total. The van der Waals surface area contributed by atoms with Gasteiger partial charge in [-0.15, -0.1) is 0 Å². The van der Waals surface area contributed by atoms with Crippen LogP contribution in [0.5, 0.6) is 0 Å². The number of nitro benzene ring substituents is 2. The van der Waals surface area contributed by atoms with E-state index in [-0.39, 0.29) is 18.2 Å². The number of anilines is 1. The Bertz CT molecular complexity index is 968. The highest BCUT2D eigenvalue weighted by molar-refractivity contribution is 5.99. The first-order chi connectivity index (χ1) is 14.6. The lowest BCUT2D eigenvalue weighted by Gasteiger charge is -2.38. The summed E-state index contributed by atoms with van der Waals surface area (Å²) < 4.78 is 157. The van der Waals surface area contributed by atoms with Crippen molar-refractivity contribution in [3.05, 3.63) is 38.4 Å². The Balaban J connectivity index is 3.48. The number of carbonyl (C=O) groups is 1. The van der Waals surface area contributed by atoms with Crippen molar-refractivity contribution in [2.24, 2.45) is 0 Å². The zero-order chi connectivity index (χ0) is 26.4. The van der Waals surface area contributed by atoms with Gasteiger partial charge in [0.15, 0.2) is 0 Å². The number of nitrogens with one attached hydrogen (secondary N) is 1. The first-order valence-corrected chi connectivity index (χ1v) is 7.48. The Morgan fingerprint density at radius 1 is 0.818 bits per heavy atom. The molecule has 0 spiro atoms. The fraction of sp³-hybridized carbons (Fsp3) is 0.462. The van der Waals surface area contributed by atoms with Crippen molar-refractivity contribution in [3.63, 3.8) is 0 Å². The number of non-ortho nitro benzene ring substituents is 1. The van der Waals surface area contributed by atoms with Gasteiger partial charge in [-0.05, 0) is 6.07 Å². The summed E-state index contributed by atoms with van der Waals surface area (Å²) in [6.45, 7) is 0. The van der Waals surface area contributed by atoms with E-state index in [9.17, 15) is 77.7 Å². The fourth-order valence-corrected chi connectivity index (χ4v) is 1.97. The minimum absolute atomic E-state index is 0.0160. The van der Waals surface area contributed by atoms with Gasteiger partial charge < -0.3 is 5.32 Å². The van der Waals surface area contributed by atoms with Crippen LogP contribution in [0, 0.1) is 20.2 Å². The number of halogens is 12. The van der Waals surface area contributed by atoms with Crippen molar-refractivity contribution in [2.75, 3.05) is 5.32 Å². The SMILES string of the molecule is O=C(Nc1ccc([N+](=O)[O-])cc1[N+](=O)[O-])C(F)(F)C(F)(F)C(F)(F)C(F)(F)C(F)(F)C(F)F. The Hall–Kier alpha value is -3.35. The largest absolute Gasteiger partial charge is 0.393 e. The molecule has 1 amide bonds. The van der Waals surface area contributed by atoms with E-state index >= 15 is 0 Å². The van der Waals surface area contributed by atoms with Crippen LogP contribution in [-0.2, 0) is 4.79 Å². The summed E-state index contributed by atoms with van der Waals surface area (Å²) >= 11 is 0. The van der Waals surface area contributed by atoms with Crippen LogP contribution in [0.25, 0.3) is 0 Å². The number of alkyl halides is 12. The molecule has 33 heavy (non-hydrogen) atoms. The summed E-state index contributed by atoms with van der Waals surface area (Å²) in [7, 11) is 0. The Kier molecular flexibility index (Phi) is 6.89. The molecule has 0 bridgehead atoms. The summed E-state index contributed by atoms with van der Waals surface area (Å²) in [4.78, 5) is 29.9. The molecule has 0 aromatic heterocycles. The van der Waals surface area contributed by atoms with Crippen LogP contribution in [0.3, 0.4) is 0 Å². The molecule has 1 N–H and O–H groups in total. The molecule has 1 aromatic carbocycles. The number of carbonyl (C=O) groups excluding carboxylic acids is 1. The maximum Gasteiger partial charge on any atom is 0.393 e. The lowest BCUT2D eigenvalue weighted by Crippen LogP contribution is -2.70. The minimum atomic E-state index is -7.98. The van der Waals surface area contributed by atoms with Gasteiger partial charge in [0.2, 0.25) is 0 Å². The van der Waals surface area contributed by atoms with Crippen molar-refractivity contribution in [3.8, 4) is 0 Å². The number of nitro groups is 2. The molecular formula is C13H5F12N3O5. The van der Waals surface area contributed by atoms with E-state index in [0.717, 1.165) is 0 Å². The average Bonchev–Trinajstić information content (AvgIpc) is 2.66. The second kappa shape index (κ2) is 8.21. The van der Waals surface area contributed by atoms with Gasteiger partial charge in [-0.3, -0.25) is 25.0 Å². The molecule has 0 saturated carbocycles. The molecule has 186 valence electrons. The monoisotopic (exact) mass is 511 g/mol. The van der Waals surface area contributed by atoms with Gasteiger partial charge in [0.05, 0.1) is 15.9 Å². The average molecular weight is 511 g/mol. The molecule has 0 aliphatic rings. The molecular weight excluding hydrogens is 506 g/mol. The molecule has 0 saturated heterocycles. The van der Waals surface area contributed by atoms with Gasteiger partial charge >= 0.3 is 41.9 Å². The van der Waals surface area contributed by atoms with Crippen molar-refractivity contribution < 1.29 is 67.3 Å². The van der Waals surface area contributed by atoms with Crippen LogP contribution >= 0.6 is 0 Å². The van der Waals surface area contributed by atoms with E-state index in [1.165, 1.54) is 0 Å². The Morgan fingerprint density at radius 2 is 1.30 bits per heavy atom. The van der Waals surface area contributed by atoms with E-state index in [0.29, 0.717) is 5.32 Å². The van der Waals surface area contributed by atoms with E-state index in [1.807, 2.05) is 0 Å². The third-order valence-electron chi connectivity index (χ3n) is 3.80. The molecule has 0 atom stereocenters. The van der Waals surface area contributed by atoms with Crippen molar-refractivity contribution in [2.45, 2.75) is 36.0 Å². The van der Waals surface area contributed by atoms with Crippen LogP contribution < -0.4 is 5.32 Å². The van der Waals surface area contributed by atoms with Gasteiger partial charge in [0, 0.05) is 6.07 Å². The topological polar surface area (TPSA) is 115 Å². The quantitative estimate of drug-likeness (QED) is 0.288. The van der Waals surface area contributed by atoms with Gasteiger partial charge in [0.1, 0.15) is 5.69 Å². The molecule has 0 unspecified atom stereocenters. The van der Waals surface area contributed by atoms with Crippen LogP contribution in [-0.4, -0.2) is 51.8 Å². The summed E-state index contributed by atoms with van der Waals surface area (Å²) in [5.74, 6) is -41.7. The number of rotatable bonds is 9. The Morgan fingerprint density at radius 3 is 1.70 bits per heavy atom. The van der Waals surface area contributed by atoms with E-state index in [4.69, 9.17) is 0 Å². The third-order valence-corrected chi connectivity index (χ3v) is 3.80. The van der Waals surface area contributed by atoms with Gasteiger partial charge in [-0.1, -0.05) is 0 Å². The normalized spacial score (nSPS) is 13.7. The van der Waals surface area contributed by atoms with Gasteiger partial charge in [-0.25, -0.2) is 8.78 Å². The molecule has 0 radical (unpaired) electrons. The third kappa shape index (κ3) is 4.19. The zero-order valence-electron chi connectivity index (χ0n) is 14.8. The van der Waals surface area contributed by atoms with Gasteiger partial charge in [-0.2, -0.15) is 43.9 Å². The fourth-order valence-electron chi connectivity index (χ4n) is 1.97. The molecule has 0 aliphatic carbocycles. The van der Waals surface area contributed by atoms with Crippen molar-refractivity contribution >= 4 is 23.0 Å². The second-order valence-electron chi connectivity index (χ2n) is 5.89. The molecule has 1 rings (SSSR count). The number of amides is 1. The van der Waals surface area contributed by atoms with Crippen LogP contribution in [0.1, 0.15) is 0 Å². The van der Waals surface area contributed by atoms with Crippen LogP contribution in [0.2, 0.25) is 0 Å². The smallest absolute Gasteiger partial charge is 0.315 e.